The van der Waals surface area contributed by atoms with Crippen molar-refractivity contribution in [2.75, 3.05) is 19.8 Å². The molecule has 0 radical (unpaired) electrons. The minimum atomic E-state index is 0.335. The van der Waals surface area contributed by atoms with Gasteiger partial charge in [0.1, 0.15) is 0 Å². The molecule has 3 heterocycles. The van der Waals surface area contributed by atoms with Crippen LogP contribution in [0.5, 0.6) is 0 Å². The van der Waals surface area contributed by atoms with Gasteiger partial charge >= 0.3 is 0 Å². The van der Waals surface area contributed by atoms with Gasteiger partial charge in [0.25, 0.3) is 0 Å². The molecule has 2 aliphatic heterocycles. The summed E-state index contributed by atoms with van der Waals surface area (Å²) in [5, 5.41) is 4.93. The highest BCUT2D eigenvalue weighted by molar-refractivity contribution is 9.10. The van der Waals surface area contributed by atoms with Crippen LogP contribution in [0.15, 0.2) is 16.6 Å². The van der Waals surface area contributed by atoms with Crippen molar-refractivity contribution >= 4 is 26.8 Å². The van der Waals surface area contributed by atoms with E-state index in [2.05, 4.69) is 44.9 Å². The highest BCUT2D eigenvalue weighted by atomic mass is 79.9. The number of benzene rings is 1. The highest BCUT2D eigenvalue weighted by Crippen LogP contribution is 2.37. The minimum Gasteiger partial charge on any atom is -0.378 e. The summed E-state index contributed by atoms with van der Waals surface area (Å²) in [6.45, 7) is 5.90. The van der Waals surface area contributed by atoms with Gasteiger partial charge in [-0.2, -0.15) is 0 Å². The molecular formula is C16H19BrN2O. The first kappa shape index (κ1) is 12.9. The Bertz CT molecular complexity index is 671. The lowest BCUT2D eigenvalue weighted by molar-refractivity contribution is 0.0769. The van der Waals surface area contributed by atoms with Crippen molar-refractivity contribution in [1.82, 2.24) is 9.88 Å². The second-order valence-corrected chi connectivity index (χ2v) is 6.61. The molecule has 20 heavy (non-hydrogen) atoms. The van der Waals surface area contributed by atoms with Crippen LogP contribution in [0, 0.1) is 6.92 Å². The van der Waals surface area contributed by atoms with Gasteiger partial charge in [0.15, 0.2) is 0 Å². The van der Waals surface area contributed by atoms with E-state index in [1.165, 1.54) is 45.0 Å². The third kappa shape index (κ3) is 1.85. The second-order valence-electron chi connectivity index (χ2n) is 5.81. The lowest BCUT2D eigenvalue weighted by Gasteiger charge is -2.26. The van der Waals surface area contributed by atoms with Crippen molar-refractivity contribution in [3.05, 3.63) is 33.4 Å². The predicted molar refractivity (Wildman–Crippen MR) is 84.3 cm³/mol. The molecule has 2 aromatic rings. The summed E-state index contributed by atoms with van der Waals surface area (Å²) in [4.78, 5) is 0. The average Bonchev–Trinajstić information content (AvgIpc) is 2.75. The van der Waals surface area contributed by atoms with E-state index >= 15 is 0 Å². The number of hydrogen-bond acceptors (Lipinski definition) is 2. The summed E-state index contributed by atoms with van der Waals surface area (Å²) < 4.78 is 9.34. The molecule has 1 saturated heterocycles. The number of nitrogens with zero attached hydrogens (tertiary/aromatic N) is 1. The van der Waals surface area contributed by atoms with Crippen molar-refractivity contribution in [1.29, 1.82) is 0 Å². The number of aromatic nitrogens is 1. The first-order chi connectivity index (χ1) is 9.75. The standard InChI is InChI=1S/C16H19BrN2O/c1-10-15(17)13-8-12(14-9-20-6-4-18-14)7-11-3-2-5-19(10)16(11)13/h7-8,14,18H,2-6,9H2,1H3. The summed E-state index contributed by atoms with van der Waals surface area (Å²) in [6.07, 6.45) is 2.43. The normalized spacial score (nSPS) is 22.4. The van der Waals surface area contributed by atoms with Gasteiger partial charge in [0, 0.05) is 28.6 Å². The Morgan fingerprint density at radius 2 is 2.30 bits per heavy atom. The Labute approximate surface area is 127 Å². The molecule has 4 heteroatoms. The van der Waals surface area contributed by atoms with Crippen molar-refractivity contribution in [2.45, 2.75) is 32.4 Å². The molecule has 0 saturated carbocycles. The summed E-state index contributed by atoms with van der Waals surface area (Å²) in [5.41, 5.74) is 5.64. The van der Waals surface area contributed by atoms with Crippen molar-refractivity contribution in [2.24, 2.45) is 0 Å². The fraction of sp³-hybridized carbons (Fsp3) is 0.500. The maximum Gasteiger partial charge on any atom is 0.0662 e. The summed E-state index contributed by atoms with van der Waals surface area (Å²) in [7, 11) is 0. The van der Waals surface area contributed by atoms with Crippen LogP contribution in [0.3, 0.4) is 0 Å². The van der Waals surface area contributed by atoms with E-state index in [9.17, 15) is 0 Å². The van der Waals surface area contributed by atoms with Crippen molar-refractivity contribution < 1.29 is 4.74 Å². The second kappa shape index (κ2) is 4.86. The molecule has 0 amide bonds. The molecule has 4 rings (SSSR count). The van der Waals surface area contributed by atoms with E-state index in [1.807, 2.05) is 0 Å². The Hall–Kier alpha value is -0.840. The lowest BCUT2D eigenvalue weighted by Crippen LogP contribution is -2.34. The number of hydrogen-bond donors (Lipinski definition) is 1. The fourth-order valence-corrected chi connectivity index (χ4v) is 4.08. The Kier molecular flexibility index (Phi) is 3.13. The van der Waals surface area contributed by atoms with Gasteiger partial charge < -0.3 is 14.6 Å². The number of ether oxygens (including phenoxy) is 1. The Balaban J connectivity index is 1.91. The van der Waals surface area contributed by atoms with Gasteiger partial charge in [-0.05, 0) is 52.9 Å². The van der Waals surface area contributed by atoms with Crippen LogP contribution >= 0.6 is 15.9 Å². The van der Waals surface area contributed by atoms with Crippen LogP contribution in [0.2, 0.25) is 0 Å². The molecular weight excluding hydrogens is 316 g/mol. The molecule has 0 aliphatic carbocycles. The fourth-order valence-electron chi connectivity index (χ4n) is 3.56. The molecule has 106 valence electrons. The first-order valence-electron chi connectivity index (χ1n) is 7.38. The quantitative estimate of drug-likeness (QED) is 0.865. The van der Waals surface area contributed by atoms with Crippen molar-refractivity contribution in [3.63, 3.8) is 0 Å². The molecule has 1 fully saturated rings. The monoisotopic (exact) mass is 334 g/mol. The maximum absolute atomic E-state index is 5.62. The molecule has 1 aromatic heterocycles. The van der Waals surface area contributed by atoms with E-state index in [0.717, 1.165) is 26.3 Å². The molecule has 0 spiro atoms. The molecule has 0 bridgehead atoms. The van der Waals surface area contributed by atoms with Gasteiger partial charge in [-0.3, -0.25) is 0 Å². The zero-order valence-electron chi connectivity index (χ0n) is 11.7. The molecule has 1 aromatic carbocycles. The molecule has 1 N–H and O–H groups in total. The molecule has 1 atom stereocenters. The molecule has 1 unspecified atom stereocenters. The van der Waals surface area contributed by atoms with Crippen molar-refractivity contribution in [3.8, 4) is 0 Å². The average molecular weight is 335 g/mol. The van der Waals surface area contributed by atoms with E-state index in [0.29, 0.717) is 6.04 Å². The van der Waals surface area contributed by atoms with E-state index in [4.69, 9.17) is 4.74 Å². The zero-order chi connectivity index (χ0) is 13.7. The maximum atomic E-state index is 5.62. The third-order valence-corrected chi connectivity index (χ3v) is 5.59. The third-order valence-electron chi connectivity index (χ3n) is 4.59. The van der Waals surface area contributed by atoms with Crippen LogP contribution in [-0.4, -0.2) is 24.3 Å². The predicted octanol–water partition coefficient (Wildman–Crippen LogP) is 3.32. The summed E-state index contributed by atoms with van der Waals surface area (Å²) >= 11 is 3.79. The van der Waals surface area contributed by atoms with E-state index in [-0.39, 0.29) is 0 Å². The number of aryl methyl sites for hydroxylation is 2. The van der Waals surface area contributed by atoms with E-state index < -0.39 is 0 Å². The summed E-state index contributed by atoms with van der Waals surface area (Å²) in [5.74, 6) is 0. The smallest absolute Gasteiger partial charge is 0.0662 e. The largest absolute Gasteiger partial charge is 0.378 e. The summed E-state index contributed by atoms with van der Waals surface area (Å²) in [6, 6.07) is 5.06. The van der Waals surface area contributed by atoms with Gasteiger partial charge in [0.05, 0.1) is 24.8 Å². The van der Waals surface area contributed by atoms with Gasteiger partial charge in [-0.25, -0.2) is 0 Å². The lowest BCUT2D eigenvalue weighted by atomic mass is 9.97. The Morgan fingerprint density at radius 3 is 3.10 bits per heavy atom. The van der Waals surface area contributed by atoms with Crippen LogP contribution in [0.4, 0.5) is 0 Å². The van der Waals surface area contributed by atoms with Crippen LogP contribution in [0.1, 0.15) is 29.3 Å². The highest BCUT2D eigenvalue weighted by Gasteiger charge is 2.22. The molecule has 3 nitrogen and oxygen atoms in total. The zero-order valence-corrected chi connectivity index (χ0v) is 13.3. The molecule has 2 aliphatic rings. The van der Waals surface area contributed by atoms with Gasteiger partial charge in [-0.15, -0.1) is 0 Å². The number of rotatable bonds is 1. The van der Waals surface area contributed by atoms with Crippen LogP contribution in [0.25, 0.3) is 10.9 Å². The number of nitrogens with one attached hydrogen (secondary N) is 1. The minimum absolute atomic E-state index is 0.335. The van der Waals surface area contributed by atoms with E-state index in [1.54, 1.807) is 0 Å². The topological polar surface area (TPSA) is 26.2 Å². The number of morpholine rings is 1. The number of halogens is 1. The van der Waals surface area contributed by atoms with Crippen LogP contribution < -0.4 is 5.32 Å². The van der Waals surface area contributed by atoms with Crippen LogP contribution in [-0.2, 0) is 17.7 Å². The first-order valence-corrected chi connectivity index (χ1v) is 8.17. The van der Waals surface area contributed by atoms with Gasteiger partial charge in [0.2, 0.25) is 0 Å². The Morgan fingerprint density at radius 1 is 1.40 bits per heavy atom. The van der Waals surface area contributed by atoms with Gasteiger partial charge in [-0.1, -0.05) is 6.07 Å². The SMILES string of the molecule is Cc1c(Br)c2cc(C3COCCN3)cc3c2n1CCC3.